The Labute approximate surface area is 127 Å². The fourth-order valence-corrected chi connectivity index (χ4v) is 2.52. The summed E-state index contributed by atoms with van der Waals surface area (Å²) in [4.78, 5) is 0. The standard InChI is InChI=1S/C14H12Cl3NO/c1-18-8-9-2-4-11(5-3-9)19-14-12(16)6-10(15)7-13(14)17/h2-7,18H,8H2,1H3. The Kier molecular flexibility index (Phi) is 4.94. The maximum Gasteiger partial charge on any atom is 0.164 e. The van der Waals surface area contributed by atoms with Gasteiger partial charge in [0.25, 0.3) is 0 Å². The Balaban J connectivity index is 2.21. The summed E-state index contributed by atoms with van der Waals surface area (Å²) >= 11 is 18.0. The van der Waals surface area contributed by atoms with Crippen LogP contribution in [0.15, 0.2) is 36.4 Å². The number of ether oxygens (including phenoxy) is 1. The summed E-state index contributed by atoms with van der Waals surface area (Å²) in [5.41, 5.74) is 1.17. The van der Waals surface area contributed by atoms with Crippen molar-refractivity contribution in [3.63, 3.8) is 0 Å². The first-order valence-electron chi connectivity index (χ1n) is 5.66. The molecule has 19 heavy (non-hydrogen) atoms. The maximum atomic E-state index is 6.06. The van der Waals surface area contributed by atoms with E-state index in [0.29, 0.717) is 26.6 Å². The van der Waals surface area contributed by atoms with Gasteiger partial charge >= 0.3 is 0 Å². The summed E-state index contributed by atoms with van der Waals surface area (Å²) in [6.45, 7) is 0.808. The molecule has 2 nitrogen and oxygen atoms in total. The molecule has 0 aliphatic heterocycles. The van der Waals surface area contributed by atoms with Crippen LogP contribution in [0.4, 0.5) is 0 Å². The van der Waals surface area contributed by atoms with E-state index in [1.54, 1.807) is 12.1 Å². The third-order valence-electron chi connectivity index (χ3n) is 2.49. The molecule has 5 heteroatoms. The quantitative estimate of drug-likeness (QED) is 0.841. The van der Waals surface area contributed by atoms with Gasteiger partial charge in [-0.3, -0.25) is 0 Å². The van der Waals surface area contributed by atoms with Crippen molar-refractivity contribution in [2.24, 2.45) is 0 Å². The van der Waals surface area contributed by atoms with Gasteiger partial charge in [-0.2, -0.15) is 0 Å². The minimum Gasteiger partial charge on any atom is -0.454 e. The van der Waals surface area contributed by atoms with Gasteiger partial charge in [-0.1, -0.05) is 46.9 Å². The third kappa shape index (κ3) is 3.77. The number of hydrogen-bond donors (Lipinski definition) is 1. The summed E-state index contributed by atoms with van der Waals surface area (Å²) in [5.74, 6) is 1.08. The molecule has 2 aromatic carbocycles. The number of halogens is 3. The van der Waals surface area contributed by atoms with Crippen molar-refractivity contribution in [1.82, 2.24) is 5.32 Å². The molecule has 0 atom stereocenters. The van der Waals surface area contributed by atoms with E-state index in [0.717, 1.165) is 6.54 Å². The third-order valence-corrected chi connectivity index (χ3v) is 3.27. The van der Waals surface area contributed by atoms with Gasteiger partial charge in [0.1, 0.15) is 5.75 Å². The number of benzene rings is 2. The van der Waals surface area contributed by atoms with Gasteiger partial charge in [-0.05, 0) is 36.9 Å². The highest BCUT2D eigenvalue weighted by Gasteiger charge is 2.10. The molecule has 0 amide bonds. The van der Waals surface area contributed by atoms with E-state index < -0.39 is 0 Å². The van der Waals surface area contributed by atoms with E-state index in [1.165, 1.54) is 5.56 Å². The van der Waals surface area contributed by atoms with Crippen molar-refractivity contribution in [3.8, 4) is 11.5 Å². The van der Waals surface area contributed by atoms with Crippen LogP contribution in [0.2, 0.25) is 15.1 Å². The average Bonchev–Trinajstić information content (AvgIpc) is 2.36. The monoisotopic (exact) mass is 315 g/mol. The normalized spacial score (nSPS) is 10.5. The molecule has 0 unspecified atom stereocenters. The second-order valence-electron chi connectivity index (χ2n) is 3.97. The van der Waals surface area contributed by atoms with E-state index in [-0.39, 0.29) is 0 Å². The lowest BCUT2D eigenvalue weighted by atomic mass is 10.2. The summed E-state index contributed by atoms with van der Waals surface area (Å²) < 4.78 is 5.69. The van der Waals surface area contributed by atoms with Gasteiger partial charge in [0.15, 0.2) is 5.75 Å². The number of nitrogens with one attached hydrogen (secondary N) is 1. The second-order valence-corrected chi connectivity index (χ2v) is 5.23. The van der Waals surface area contributed by atoms with Gasteiger partial charge in [0.2, 0.25) is 0 Å². The molecule has 0 aliphatic carbocycles. The molecule has 100 valence electrons. The minimum atomic E-state index is 0.386. The summed E-state index contributed by atoms with van der Waals surface area (Å²) in [5, 5.41) is 4.33. The van der Waals surface area contributed by atoms with Crippen molar-refractivity contribution in [2.45, 2.75) is 6.54 Å². The largest absolute Gasteiger partial charge is 0.454 e. The predicted molar refractivity (Wildman–Crippen MR) is 80.8 cm³/mol. The van der Waals surface area contributed by atoms with Gasteiger partial charge in [0, 0.05) is 11.6 Å². The van der Waals surface area contributed by atoms with Crippen molar-refractivity contribution in [1.29, 1.82) is 0 Å². The summed E-state index contributed by atoms with van der Waals surface area (Å²) in [6, 6.07) is 10.9. The lowest BCUT2D eigenvalue weighted by molar-refractivity contribution is 0.483. The molecule has 2 rings (SSSR count). The molecular formula is C14H12Cl3NO. The topological polar surface area (TPSA) is 21.3 Å². The zero-order chi connectivity index (χ0) is 13.8. The molecular weight excluding hydrogens is 305 g/mol. The van der Waals surface area contributed by atoms with Crippen molar-refractivity contribution in [3.05, 3.63) is 57.0 Å². The highest BCUT2D eigenvalue weighted by atomic mass is 35.5. The van der Waals surface area contributed by atoms with Crippen LogP contribution in [0, 0.1) is 0 Å². The van der Waals surface area contributed by atoms with E-state index in [4.69, 9.17) is 39.5 Å². The Morgan fingerprint density at radius 2 is 1.58 bits per heavy atom. The van der Waals surface area contributed by atoms with Crippen LogP contribution in [0.3, 0.4) is 0 Å². The fraction of sp³-hybridized carbons (Fsp3) is 0.143. The van der Waals surface area contributed by atoms with E-state index in [1.807, 2.05) is 31.3 Å². The molecule has 0 spiro atoms. The predicted octanol–water partition coefficient (Wildman–Crippen LogP) is 5.16. The maximum absolute atomic E-state index is 6.06. The number of rotatable bonds is 4. The Morgan fingerprint density at radius 1 is 1.00 bits per heavy atom. The van der Waals surface area contributed by atoms with E-state index in [2.05, 4.69) is 5.32 Å². The first-order chi connectivity index (χ1) is 9.10. The Hall–Kier alpha value is -0.930. The smallest absolute Gasteiger partial charge is 0.164 e. The Morgan fingerprint density at radius 3 is 2.11 bits per heavy atom. The highest BCUT2D eigenvalue weighted by molar-refractivity contribution is 6.40. The van der Waals surface area contributed by atoms with Crippen LogP contribution in [0.25, 0.3) is 0 Å². The second kappa shape index (κ2) is 6.49. The average molecular weight is 317 g/mol. The fourth-order valence-electron chi connectivity index (χ4n) is 1.62. The van der Waals surface area contributed by atoms with E-state index in [9.17, 15) is 0 Å². The summed E-state index contributed by atoms with van der Waals surface area (Å²) in [7, 11) is 1.90. The van der Waals surface area contributed by atoms with Gasteiger partial charge in [-0.15, -0.1) is 0 Å². The minimum absolute atomic E-state index is 0.386. The van der Waals surface area contributed by atoms with E-state index >= 15 is 0 Å². The summed E-state index contributed by atoms with van der Waals surface area (Å²) in [6.07, 6.45) is 0. The molecule has 0 aromatic heterocycles. The highest BCUT2D eigenvalue weighted by Crippen LogP contribution is 2.38. The lowest BCUT2D eigenvalue weighted by Gasteiger charge is -2.10. The van der Waals surface area contributed by atoms with Gasteiger partial charge in [-0.25, -0.2) is 0 Å². The molecule has 1 N–H and O–H groups in total. The van der Waals surface area contributed by atoms with Crippen LogP contribution in [-0.2, 0) is 6.54 Å². The zero-order valence-electron chi connectivity index (χ0n) is 10.2. The van der Waals surface area contributed by atoms with Crippen LogP contribution >= 0.6 is 34.8 Å². The first-order valence-corrected chi connectivity index (χ1v) is 6.79. The molecule has 0 saturated carbocycles. The van der Waals surface area contributed by atoms with Crippen LogP contribution in [0.5, 0.6) is 11.5 Å². The number of hydrogen-bond acceptors (Lipinski definition) is 2. The van der Waals surface area contributed by atoms with Crippen LogP contribution < -0.4 is 10.1 Å². The first kappa shape index (κ1) is 14.5. The van der Waals surface area contributed by atoms with Crippen molar-refractivity contribution < 1.29 is 4.74 Å². The molecule has 0 saturated heterocycles. The van der Waals surface area contributed by atoms with Gasteiger partial charge in [0.05, 0.1) is 10.0 Å². The zero-order valence-corrected chi connectivity index (χ0v) is 12.5. The molecule has 0 aliphatic rings. The van der Waals surface area contributed by atoms with Crippen LogP contribution in [0.1, 0.15) is 5.56 Å². The molecule has 0 radical (unpaired) electrons. The van der Waals surface area contributed by atoms with Crippen LogP contribution in [-0.4, -0.2) is 7.05 Å². The van der Waals surface area contributed by atoms with Crippen molar-refractivity contribution in [2.75, 3.05) is 7.05 Å². The molecule has 2 aromatic rings. The van der Waals surface area contributed by atoms with Crippen molar-refractivity contribution >= 4 is 34.8 Å². The lowest BCUT2D eigenvalue weighted by Crippen LogP contribution is -2.04. The van der Waals surface area contributed by atoms with Gasteiger partial charge < -0.3 is 10.1 Å². The molecule has 0 bridgehead atoms. The SMILES string of the molecule is CNCc1ccc(Oc2c(Cl)cc(Cl)cc2Cl)cc1. The molecule has 0 heterocycles. The Bertz CT molecular complexity index is 546. The molecule has 0 fully saturated rings.